The number of benzene rings is 2. The normalized spacial score (nSPS) is 22.3. The molecule has 0 bridgehead atoms. The highest BCUT2D eigenvalue weighted by Gasteiger charge is 2.39. The molecule has 0 amide bonds. The third-order valence-corrected chi connectivity index (χ3v) is 7.81. The van der Waals surface area contributed by atoms with E-state index < -0.39 is 15.7 Å². The Hall–Kier alpha value is -2.51. The molecule has 29 heavy (non-hydrogen) atoms. The van der Waals surface area contributed by atoms with Crippen LogP contribution < -0.4 is 4.90 Å². The van der Waals surface area contributed by atoms with Crippen LogP contribution in [-0.4, -0.2) is 51.5 Å². The number of rotatable bonds is 3. The second-order valence-corrected chi connectivity index (χ2v) is 10.1. The zero-order chi connectivity index (χ0) is 20.2. The molecule has 7 heteroatoms. The summed E-state index contributed by atoms with van der Waals surface area (Å²) < 4.78 is 39.3. The van der Waals surface area contributed by atoms with Crippen molar-refractivity contribution in [2.75, 3.05) is 38.1 Å². The Balaban J connectivity index is 1.51. The maximum Gasteiger partial charge on any atom is 0.208 e. The summed E-state index contributed by atoms with van der Waals surface area (Å²) in [4.78, 5) is 9.30. The average molecular weight is 412 g/mol. The highest BCUT2D eigenvalue weighted by molar-refractivity contribution is 7.91. The van der Waals surface area contributed by atoms with Crippen LogP contribution in [0.3, 0.4) is 0 Å². The standard InChI is InChI=1S/C22H22FN3O2S/c1-25-11-16-13-26(14-17(16)12-25)21-7-2-4-15-8-20(10-24-22(15)21)29(27,28)19-6-3-5-18(23)9-19/h2-10,16-17H,11-14H2,1H3/t16-,17+. The van der Waals surface area contributed by atoms with Crippen molar-refractivity contribution in [1.29, 1.82) is 0 Å². The Morgan fingerprint density at radius 1 is 0.966 bits per heavy atom. The first-order valence-electron chi connectivity index (χ1n) is 9.75. The van der Waals surface area contributed by atoms with Crippen LogP contribution in [0.5, 0.6) is 0 Å². The van der Waals surface area contributed by atoms with Crippen LogP contribution in [0.2, 0.25) is 0 Å². The summed E-state index contributed by atoms with van der Waals surface area (Å²) in [5, 5.41) is 0.772. The van der Waals surface area contributed by atoms with Crippen LogP contribution in [0.15, 0.2) is 64.5 Å². The summed E-state index contributed by atoms with van der Waals surface area (Å²) in [6, 6.07) is 12.6. The van der Waals surface area contributed by atoms with E-state index in [9.17, 15) is 12.8 Å². The molecule has 150 valence electrons. The number of hydrogen-bond acceptors (Lipinski definition) is 5. The topological polar surface area (TPSA) is 53.5 Å². The molecule has 3 heterocycles. The highest BCUT2D eigenvalue weighted by Crippen LogP contribution is 2.36. The van der Waals surface area contributed by atoms with Gasteiger partial charge >= 0.3 is 0 Å². The van der Waals surface area contributed by atoms with Crippen molar-refractivity contribution in [3.05, 3.63) is 60.5 Å². The summed E-state index contributed by atoms with van der Waals surface area (Å²) in [5.74, 6) is 0.762. The lowest BCUT2D eigenvalue weighted by atomic mass is 10.0. The molecule has 0 radical (unpaired) electrons. The van der Waals surface area contributed by atoms with Gasteiger partial charge in [0.15, 0.2) is 0 Å². The summed E-state index contributed by atoms with van der Waals surface area (Å²) in [6.45, 7) is 4.24. The van der Waals surface area contributed by atoms with Gasteiger partial charge in [-0.15, -0.1) is 0 Å². The predicted octanol–water partition coefficient (Wildman–Crippen LogP) is 3.20. The molecule has 0 saturated carbocycles. The summed E-state index contributed by atoms with van der Waals surface area (Å²) in [5.41, 5.74) is 1.85. The quantitative estimate of drug-likeness (QED) is 0.663. The first-order chi connectivity index (χ1) is 13.9. The Morgan fingerprint density at radius 2 is 1.69 bits per heavy atom. The molecule has 1 aromatic heterocycles. The van der Waals surface area contributed by atoms with Gasteiger partial charge in [0.2, 0.25) is 9.84 Å². The average Bonchev–Trinajstić information content (AvgIpc) is 3.24. The van der Waals surface area contributed by atoms with E-state index in [4.69, 9.17) is 0 Å². The fourth-order valence-electron chi connectivity index (χ4n) is 4.72. The number of aromatic nitrogens is 1. The van der Waals surface area contributed by atoms with Crippen molar-refractivity contribution in [3.8, 4) is 0 Å². The fourth-order valence-corrected chi connectivity index (χ4v) is 5.99. The SMILES string of the molecule is CN1C[C@@H]2CN(c3cccc4cc(S(=O)(=O)c5cccc(F)c5)cnc34)C[C@@H]2C1. The molecule has 2 atom stereocenters. The molecule has 2 aliphatic rings. The van der Waals surface area contributed by atoms with Crippen molar-refractivity contribution >= 4 is 26.4 Å². The largest absolute Gasteiger partial charge is 0.369 e. The van der Waals surface area contributed by atoms with Crippen LogP contribution in [0.1, 0.15) is 0 Å². The molecule has 3 aromatic rings. The Kier molecular flexibility index (Phi) is 4.33. The van der Waals surface area contributed by atoms with Gasteiger partial charge in [0.1, 0.15) is 5.82 Å². The number of hydrogen-bond donors (Lipinski definition) is 0. The van der Waals surface area contributed by atoms with Crippen LogP contribution in [0, 0.1) is 17.7 Å². The Bertz CT molecular complexity index is 1180. The van der Waals surface area contributed by atoms with Crippen LogP contribution in [0.4, 0.5) is 10.1 Å². The van der Waals surface area contributed by atoms with Crippen molar-refractivity contribution < 1.29 is 12.8 Å². The van der Waals surface area contributed by atoms with E-state index in [-0.39, 0.29) is 9.79 Å². The first-order valence-corrected chi connectivity index (χ1v) is 11.2. The van der Waals surface area contributed by atoms with E-state index in [2.05, 4.69) is 27.9 Å². The third-order valence-electron chi connectivity index (χ3n) is 6.09. The van der Waals surface area contributed by atoms with E-state index in [1.807, 2.05) is 12.1 Å². The molecular weight excluding hydrogens is 389 g/mol. The van der Waals surface area contributed by atoms with Crippen molar-refractivity contribution in [1.82, 2.24) is 9.88 Å². The lowest BCUT2D eigenvalue weighted by molar-refractivity contribution is 0.387. The summed E-state index contributed by atoms with van der Waals surface area (Å²) in [7, 11) is -1.66. The predicted molar refractivity (Wildman–Crippen MR) is 110 cm³/mol. The van der Waals surface area contributed by atoms with E-state index in [0.29, 0.717) is 11.8 Å². The van der Waals surface area contributed by atoms with Gasteiger partial charge in [0, 0.05) is 37.8 Å². The van der Waals surface area contributed by atoms with Crippen LogP contribution >= 0.6 is 0 Å². The number of sulfone groups is 1. The zero-order valence-electron chi connectivity index (χ0n) is 16.1. The minimum atomic E-state index is -3.82. The third kappa shape index (κ3) is 3.18. The van der Waals surface area contributed by atoms with Gasteiger partial charge in [-0.2, -0.15) is 0 Å². The molecular formula is C22H22FN3O2S. The molecule has 0 unspecified atom stereocenters. The molecule has 0 aliphatic carbocycles. The van der Waals surface area contributed by atoms with Gasteiger partial charge < -0.3 is 9.80 Å². The zero-order valence-corrected chi connectivity index (χ0v) is 16.9. The number of anilines is 1. The van der Waals surface area contributed by atoms with Gasteiger partial charge in [-0.3, -0.25) is 4.98 Å². The maximum absolute atomic E-state index is 13.5. The van der Waals surface area contributed by atoms with Crippen molar-refractivity contribution in [3.63, 3.8) is 0 Å². The minimum absolute atomic E-state index is 0.0636. The highest BCUT2D eigenvalue weighted by atomic mass is 32.2. The van der Waals surface area contributed by atoms with Crippen LogP contribution in [-0.2, 0) is 9.84 Å². The molecule has 0 spiro atoms. The van der Waals surface area contributed by atoms with Crippen molar-refractivity contribution in [2.24, 2.45) is 11.8 Å². The Labute approximate surface area is 169 Å². The number of nitrogens with zero attached hydrogens (tertiary/aromatic N) is 3. The Morgan fingerprint density at radius 3 is 2.41 bits per heavy atom. The first kappa shape index (κ1) is 18.5. The lowest BCUT2D eigenvalue weighted by Crippen LogP contribution is -2.26. The molecule has 0 N–H and O–H groups in total. The van der Waals surface area contributed by atoms with Crippen LogP contribution in [0.25, 0.3) is 10.9 Å². The summed E-state index contributed by atoms with van der Waals surface area (Å²) >= 11 is 0. The number of halogens is 1. The van der Waals surface area contributed by atoms with Gasteiger partial charge in [0.25, 0.3) is 0 Å². The lowest BCUT2D eigenvalue weighted by Gasteiger charge is -2.22. The molecule has 5 rings (SSSR count). The number of pyridine rings is 1. The fraction of sp³-hybridized carbons (Fsp3) is 0.318. The molecule has 2 saturated heterocycles. The van der Waals surface area contributed by atoms with Crippen molar-refractivity contribution in [2.45, 2.75) is 9.79 Å². The van der Waals surface area contributed by atoms with E-state index in [1.54, 1.807) is 6.07 Å². The number of likely N-dealkylation sites (tertiary alicyclic amines) is 1. The van der Waals surface area contributed by atoms with E-state index in [0.717, 1.165) is 48.8 Å². The second kappa shape index (κ2) is 6.78. The molecule has 5 nitrogen and oxygen atoms in total. The second-order valence-electron chi connectivity index (χ2n) is 8.13. The smallest absolute Gasteiger partial charge is 0.208 e. The molecule has 2 fully saturated rings. The minimum Gasteiger partial charge on any atom is -0.369 e. The van der Waals surface area contributed by atoms with E-state index in [1.165, 1.54) is 24.4 Å². The maximum atomic E-state index is 13.5. The molecule has 2 aliphatic heterocycles. The molecule has 2 aromatic carbocycles. The van der Waals surface area contributed by atoms with E-state index >= 15 is 0 Å². The monoisotopic (exact) mass is 411 g/mol. The number of para-hydroxylation sites is 1. The van der Waals surface area contributed by atoms with Gasteiger partial charge in [0.05, 0.1) is 21.0 Å². The van der Waals surface area contributed by atoms with Gasteiger partial charge in [-0.1, -0.05) is 18.2 Å². The van der Waals surface area contributed by atoms with Gasteiger partial charge in [-0.25, -0.2) is 12.8 Å². The summed E-state index contributed by atoms with van der Waals surface area (Å²) in [6.07, 6.45) is 1.39. The van der Waals surface area contributed by atoms with Gasteiger partial charge in [-0.05, 0) is 49.2 Å². The number of fused-ring (bicyclic) bond motifs is 2.